The molecule has 2 amide bonds. The van der Waals surface area contributed by atoms with Crippen LogP contribution in [0.25, 0.3) is 0 Å². The standard InChI is InChI=1S/C52H54N4O10/c1-33-20-42-36(12-13-39-24-37-8-4-6-10-45(37)55(39)51(42)59)26-47(33)65-31-34-21-35(23-40(22-34)54(30-50(57)58)14-15-63-18-19-64-17-16-61-2)32-66-49-28-44-43(27-48(49)62-3)52(60)56-41(29-53-44)25-38-9-5-7-11-46(38)56/h4-11,20-23,26-29,39,41H,12-19,24-25,30-32H2,1-3H3,(H,57,58)/t39-,41+/m1/s1. The molecule has 4 aliphatic rings. The van der Waals surface area contributed by atoms with Gasteiger partial charge in [0.1, 0.15) is 25.5 Å². The van der Waals surface area contributed by atoms with Gasteiger partial charge in [0.15, 0.2) is 11.5 Å². The summed E-state index contributed by atoms with van der Waals surface area (Å²) >= 11 is 0. The van der Waals surface area contributed by atoms with Crippen molar-refractivity contribution < 1.29 is 47.9 Å². The van der Waals surface area contributed by atoms with Gasteiger partial charge in [0, 0.05) is 61.0 Å². The van der Waals surface area contributed by atoms with Gasteiger partial charge in [-0.2, -0.15) is 0 Å². The van der Waals surface area contributed by atoms with Gasteiger partial charge >= 0.3 is 5.97 Å². The zero-order valence-electron chi connectivity index (χ0n) is 37.5. The lowest BCUT2D eigenvalue weighted by molar-refractivity contribution is -0.135. The Hall–Kier alpha value is -6.74. The van der Waals surface area contributed by atoms with E-state index in [1.165, 1.54) is 12.7 Å². The Morgan fingerprint density at radius 3 is 2.12 bits per heavy atom. The molecule has 1 N–H and O–H groups in total. The summed E-state index contributed by atoms with van der Waals surface area (Å²) in [7, 11) is 3.14. The highest BCUT2D eigenvalue weighted by molar-refractivity contribution is 6.15. The van der Waals surface area contributed by atoms with Gasteiger partial charge in [-0.05, 0) is 108 Å². The molecule has 0 saturated carbocycles. The van der Waals surface area contributed by atoms with Crippen LogP contribution in [0.4, 0.5) is 22.7 Å². The van der Waals surface area contributed by atoms with Crippen molar-refractivity contribution in [3.63, 3.8) is 0 Å². The summed E-state index contributed by atoms with van der Waals surface area (Å²) < 4.78 is 35.2. The number of fused-ring (bicyclic) bond motifs is 8. The van der Waals surface area contributed by atoms with Crippen LogP contribution in [0.3, 0.4) is 0 Å². The molecular formula is C52H54N4O10. The SMILES string of the molecule is COCCOCCOCCN(CC(=O)O)c1cc(COc2cc3c(cc2C)C(=O)N2c4ccccc4C[C@H]2CC3)cc(COc2cc3c(cc2OC)C(=O)N2c4ccccc4C[C@H]2C=N3)c1. The molecule has 5 aromatic rings. The number of methoxy groups -OCH3 is 2. The predicted octanol–water partition coefficient (Wildman–Crippen LogP) is 7.54. The van der Waals surface area contributed by atoms with Crippen LogP contribution in [0.15, 0.2) is 96.0 Å². The Balaban J connectivity index is 0.967. The van der Waals surface area contributed by atoms with Crippen LogP contribution < -0.4 is 28.9 Å². The molecule has 0 radical (unpaired) electrons. The molecule has 0 unspecified atom stereocenters. The first kappa shape index (κ1) is 44.5. The first-order valence-corrected chi connectivity index (χ1v) is 22.4. The molecule has 0 saturated heterocycles. The maximum Gasteiger partial charge on any atom is 0.323 e. The fourth-order valence-corrected chi connectivity index (χ4v) is 9.42. The maximum absolute atomic E-state index is 14.1. The number of rotatable bonds is 19. The van der Waals surface area contributed by atoms with E-state index in [0.717, 1.165) is 58.5 Å². The first-order chi connectivity index (χ1) is 32.2. The molecule has 66 heavy (non-hydrogen) atoms. The Kier molecular flexibility index (Phi) is 13.3. The van der Waals surface area contributed by atoms with Crippen molar-refractivity contribution in [2.75, 3.05) is 75.0 Å². The third-order valence-electron chi connectivity index (χ3n) is 12.6. The van der Waals surface area contributed by atoms with Crippen molar-refractivity contribution in [1.82, 2.24) is 0 Å². The number of carbonyl (C=O) groups is 3. The van der Waals surface area contributed by atoms with Crippen LogP contribution in [0, 0.1) is 6.92 Å². The smallest absolute Gasteiger partial charge is 0.323 e. The van der Waals surface area contributed by atoms with Gasteiger partial charge in [0.2, 0.25) is 0 Å². The van der Waals surface area contributed by atoms with E-state index in [1.807, 2.05) is 90.8 Å². The van der Waals surface area contributed by atoms with Gasteiger partial charge < -0.3 is 43.3 Å². The molecule has 4 aliphatic heterocycles. The summed E-state index contributed by atoms with van der Waals surface area (Å²) in [5.74, 6) is 0.300. The second-order valence-electron chi connectivity index (χ2n) is 17.0. The first-order valence-electron chi connectivity index (χ1n) is 22.4. The molecule has 0 fully saturated rings. The van der Waals surface area contributed by atoms with E-state index < -0.39 is 5.97 Å². The maximum atomic E-state index is 14.1. The minimum atomic E-state index is -0.995. The zero-order valence-corrected chi connectivity index (χ0v) is 37.5. The number of aliphatic carboxylic acids is 1. The van der Waals surface area contributed by atoms with Crippen LogP contribution in [0.5, 0.6) is 17.2 Å². The molecule has 0 aromatic heterocycles. The molecule has 14 nitrogen and oxygen atoms in total. The number of hydrogen-bond donors (Lipinski definition) is 1. The van der Waals surface area contributed by atoms with Crippen LogP contribution in [0.1, 0.15) is 60.5 Å². The van der Waals surface area contributed by atoms with Crippen molar-refractivity contribution in [1.29, 1.82) is 0 Å². The minimum absolute atomic E-state index is 0.0150. The Bertz CT molecular complexity index is 2670. The molecule has 4 heterocycles. The third kappa shape index (κ3) is 9.35. The van der Waals surface area contributed by atoms with Crippen molar-refractivity contribution in [2.45, 2.75) is 57.9 Å². The molecule has 0 bridgehead atoms. The Morgan fingerprint density at radius 1 is 0.727 bits per heavy atom. The fourth-order valence-electron chi connectivity index (χ4n) is 9.42. The second kappa shape index (κ2) is 19.8. The highest BCUT2D eigenvalue weighted by Crippen LogP contribution is 2.42. The van der Waals surface area contributed by atoms with Gasteiger partial charge in [-0.25, -0.2) is 0 Å². The van der Waals surface area contributed by atoms with Gasteiger partial charge in [0.25, 0.3) is 11.8 Å². The summed E-state index contributed by atoms with van der Waals surface area (Å²) in [5.41, 5.74) is 9.71. The number of nitrogens with zero attached hydrogens (tertiary/aromatic N) is 4. The number of aryl methyl sites for hydroxylation is 2. The summed E-state index contributed by atoms with van der Waals surface area (Å²) in [6, 6.07) is 29.1. The topological polar surface area (TPSA) is 149 Å². The lowest BCUT2D eigenvalue weighted by Gasteiger charge is -2.25. The Labute approximate surface area is 384 Å². The van der Waals surface area contributed by atoms with Crippen LogP contribution in [-0.4, -0.2) is 102 Å². The summed E-state index contributed by atoms with van der Waals surface area (Å²) in [4.78, 5) is 50.6. The van der Waals surface area contributed by atoms with Crippen LogP contribution in [0.2, 0.25) is 0 Å². The average Bonchev–Trinajstić information content (AvgIpc) is 3.81. The van der Waals surface area contributed by atoms with Crippen LogP contribution in [-0.2, 0) is 51.5 Å². The number of carbonyl (C=O) groups excluding carboxylic acids is 2. The number of anilines is 3. The lowest BCUT2D eigenvalue weighted by Crippen LogP contribution is -2.37. The number of aliphatic imine (C=N–C) groups is 1. The number of amides is 2. The lowest BCUT2D eigenvalue weighted by atomic mass is 9.98. The largest absolute Gasteiger partial charge is 0.493 e. The molecule has 5 aromatic carbocycles. The number of hydrogen-bond acceptors (Lipinski definition) is 11. The average molecular weight is 895 g/mol. The normalized spacial score (nSPS) is 16.7. The molecular weight excluding hydrogens is 841 g/mol. The summed E-state index contributed by atoms with van der Waals surface area (Å²) in [6.45, 7) is 4.15. The van der Waals surface area contributed by atoms with E-state index in [4.69, 9.17) is 33.4 Å². The van der Waals surface area contributed by atoms with E-state index >= 15 is 0 Å². The van der Waals surface area contributed by atoms with Crippen molar-refractivity contribution in [3.8, 4) is 17.2 Å². The quantitative estimate of drug-likeness (QED) is 0.0820. The molecule has 0 spiro atoms. The predicted molar refractivity (Wildman–Crippen MR) is 251 cm³/mol. The van der Waals surface area contributed by atoms with Gasteiger partial charge in [0.05, 0.1) is 57.4 Å². The number of para-hydroxylation sites is 2. The fraction of sp³-hybridized carbons (Fsp3) is 0.346. The number of ether oxygens (including phenoxy) is 6. The number of benzene rings is 5. The van der Waals surface area contributed by atoms with Crippen molar-refractivity contribution in [3.05, 3.63) is 136 Å². The molecule has 342 valence electrons. The van der Waals surface area contributed by atoms with Gasteiger partial charge in [-0.3, -0.25) is 24.3 Å². The minimum Gasteiger partial charge on any atom is -0.493 e. The number of carboxylic acid groups (broad SMARTS) is 1. The van der Waals surface area contributed by atoms with Crippen molar-refractivity contribution in [2.24, 2.45) is 4.99 Å². The molecule has 14 heteroatoms. The van der Waals surface area contributed by atoms with E-state index in [9.17, 15) is 19.5 Å². The Morgan fingerprint density at radius 2 is 1.39 bits per heavy atom. The summed E-state index contributed by atoms with van der Waals surface area (Å²) in [6.07, 6.45) is 4.92. The third-order valence-corrected chi connectivity index (χ3v) is 12.6. The molecule has 9 rings (SSSR count). The molecule has 2 atom stereocenters. The van der Waals surface area contributed by atoms with Gasteiger partial charge in [-0.15, -0.1) is 0 Å². The van der Waals surface area contributed by atoms with Crippen LogP contribution >= 0.6 is 0 Å². The van der Waals surface area contributed by atoms with E-state index in [2.05, 4.69) is 6.07 Å². The summed E-state index contributed by atoms with van der Waals surface area (Å²) in [5, 5.41) is 10.0. The van der Waals surface area contributed by atoms with Gasteiger partial charge in [-0.1, -0.05) is 36.4 Å². The number of carboxylic acids is 1. The van der Waals surface area contributed by atoms with E-state index in [0.29, 0.717) is 79.1 Å². The highest BCUT2D eigenvalue weighted by Gasteiger charge is 2.38. The zero-order chi connectivity index (χ0) is 45.7. The molecule has 0 aliphatic carbocycles. The second-order valence-corrected chi connectivity index (χ2v) is 17.0. The monoisotopic (exact) mass is 894 g/mol. The van der Waals surface area contributed by atoms with E-state index in [1.54, 1.807) is 29.0 Å². The van der Waals surface area contributed by atoms with Crippen molar-refractivity contribution >= 4 is 46.7 Å². The van der Waals surface area contributed by atoms with E-state index in [-0.39, 0.29) is 50.3 Å². The highest BCUT2D eigenvalue weighted by atomic mass is 16.5.